The van der Waals surface area contributed by atoms with Gasteiger partial charge in [0.1, 0.15) is 5.84 Å². The van der Waals surface area contributed by atoms with Crippen LogP contribution in [-0.4, -0.2) is 12.1 Å². The first-order valence-corrected chi connectivity index (χ1v) is 9.06. The molecule has 5 heteroatoms. The van der Waals surface area contributed by atoms with Gasteiger partial charge < -0.3 is 11.1 Å². The predicted molar refractivity (Wildman–Crippen MR) is 95.5 cm³/mol. The molecule has 0 saturated heterocycles. The molecule has 1 aromatic heterocycles. The Balaban J connectivity index is 2.12. The summed E-state index contributed by atoms with van der Waals surface area (Å²) in [6.07, 6.45) is 5.63. The number of anilines is 2. The fourth-order valence-corrected chi connectivity index (χ4v) is 3.68. The van der Waals surface area contributed by atoms with Gasteiger partial charge in [-0.05, 0) is 42.9 Å². The van der Waals surface area contributed by atoms with Gasteiger partial charge in [-0.3, -0.25) is 5.41 Å². The summed E-state index contributed by atoms with van der Waals surface area (Å²) in [5.41, 5.74) is 9.04. The molecule has 112 valence electrons. The molecule has 1 aromatic carbocycles. The van der Waals surface area contributed by atoms with E-state index in [9.17, 15) is 0 Å². The van der Waals surface area contributed by atoms with Crippen LogP contribution in [-0.2, 0) is 6.42 Å². The first-order valence-electron chi connectivity index (χ1n) is 7.02. The van der Waals surface area contributed by atoms with Gasteiger partial charge in [0.2, 0.25) is 0 Å². The quantitative estimate of drug-likeness (QED) is 0.389. The fraction of sp³-hybridized carbons (Fsp3) is 0.312. The molecule has 21 heavy (non-hydrogen) atoms. The van der Waals surface area contributed by atoms with E-state index in [0.717, 1.165) is 26.9 Å². The van der Waals surface area contributed by atoms with E-state index in [1.165, 1.54) is 18.4 Å². The highest BCUT2D eigenvalue weighted by Crippen LogP contribution is 2.36. The summed E-state index contributed by atoms with van der Waals surface area (Å²) in [5, 5.41) is 11.0. The summed E-state index contributed by atoms with van der Waals surface area (Å²) >= 11 is 3.22. The van der Waals surface area contributed by atoms with Gasteiger partial charge in [0, 0.05) is 5.69 Å². The average Bonchev–Trinajstić information content (AvgIpc) is 2.90. The van der Waals surface area contributed by atoms with Gasteiger partial charge in [0.05, 0.1) is 14.8 Å². The van der Waals surface area contributed by atoms with Crippen molar-refractivity contribution in [1.29, 1.82) is 5.41 Å². The number of nitrogen functional groups attached to an aromatic ring is 1. The molecule has 0 fully saturated rings. The van der Waals surface area contributed by atoms with Crippen molar-refractivity contribution in [3.05, 3.63) is 40.8 Å². The Labute approximate surface area is 134 Å². The van der Waals surface area contributed by atoms with E-state index in [4.69, 9.17) is 11.1 Å². The second kappa shape index (κ2) is 7.52. The maximum Gasteiger partial charge on any atom is 0.133 e. The van der Waals surface area contributed by atoms with Crippen LogP contribution < -0.4 is 11.1 Å². The second-order valence-corrected chi connectivity index (χ2v) is 6.98. The van der Waals surface area contributed by atoms with Crippen molar-refractivity contribution in [3.8, 4) is 0 Å². The van der Waals surface area contributed by atoms with E-state index in [1.54, 1.807) is 23.1 Å². The summed E-state index contributed by atoms with van der Waals surface area (Å²) in [5.74, 6) is 0.123. The van der Waals surface area contributed by atoms with Crippen LogP contribution in [0.4, 0.5) is 11.4 Å². The molecule has 0 radical (unpaired) electrons. The van der Waals surface area contributed by atoms with Crippen molar-refractivity contribution >= 4 is 40.3 Å². The molecule has 0 aliphatic carbocycles. The number of rotatable bonds is 7. The number of benzene rings is 1. The summed E-state index contributed by atoms with van der Waals surface area (Å²) in [6, 6.07) is 10.5. The molecule has 0 bridgehead atoms. The molecule has 2 rings (SSSR count). The summed E-state index contributed by atoms with van der Waals surface area (Å²) in [4.78, 5) is 0.807. The SMILES string of the molecule is CCCCc1ccc(Nc2cc(C(=N)N)sc2SC)cc1. The molecule has 0 unspecified atom stereocenters. The third kappa shape index (κ3) is 4.25. The third-order valence-electron chi connectivity index (χ3n) is 3.20. The highest BCUT2D eigenvalue weighted by atomic mass is 32.2. The molecule has 0 amide bonds. The molecule has 0 aliphatic heterocycles. The Morgan fingerprint density at radius 1 is 1.33 bits per heavy atom. The molecule has 3 nitrogen and oxygen atoms in total. The van der Waals surface area contributed by atoms with Crippen LogP contribution in [0.25, 0.3) is 0 Å². The maximum atomic E-state index is 7.54. The number of nitrogens with one attached hydrogen (secondary N) is 2. The lowest BCUT2D eigenvalue weighted by molar-refractivity contribution is 0.795. The number of amidine groups is 1. The van der Waals surface area contributed by atoms with Gasteiger partial charge in [0.25, 0.3) is 0 Å². The molecular weight excluding hydrogens is 298 g/mol. The smallest absolute Gasteiger partial charge is 0.133 e. The van der Waals surface area contributed by atoms with E-state index in [1.807, 2.05) is 12.3 Å². The van der Waals surface area contributed by atoms with Crippen molar-refractivity contribution in [2.45, 2.75) is 30.4 Å². The van der Waals surface area contributed by atoms with E-state index in [-0.39, 0.29) is 5.84 Å². The topological polar surface area (TPSA) is 61.9 Å². The van der Waals surface area contributed by atoms with Crippen LogP contribution in [0.2, 0.25) is 0 Å². The monoisotopic (exact) mass is 319 g/mol. The van der Waals surface area contributed by atoms with Crippen molar-refractivity contribution in [3.63, 3.8) is 0 Å². The van der Waals surface area contributed by atoms with Crippen LogP contribution in [0, 0.1) is 5.41 Å². The van der Waals surface area contributed by atoms with Gasteiger partial charge in [-0.15, -0.1) is 23.1 Å². The van der Waals surface area contributed by atoms with Gasteiger partial charge >= 0.3 is 0 Å². The Morgan fingerprint density at radius 3 is 2.62 bits per heavy atom. The van der Waals surface area contributed by atoms with E-state index >= 15 is 0 Å². The van der Waals surface area contributed by atoms with E-state index in [0.29, 0.717) is 0 Å². The van der Waals surface area contributed by atoms with Gasteiger partial charge in [0.15, 0.2) is 0 Å². The number of unbranched alkanes of at least 4 members (excludes halogenated alkanes) is 1. The van der Waals surface area contributed by atoms with Crippen LogP contribution >= 0.6 is 23.1 Å². The van der Waals surface area contributed by atoms with Crippen LogP contribution in [0.5, 0.6) is 0 Å². The second-order valence-electron chi connectivity index (χ2n) is 4.86. The zero-order chi connectivity index (χ0) is 15.2. The molecule has 2 aromatic rings. The Morgan fingerprint density at radius 2 is 2.05 bits per heavy atom. The van der Waals surface area contributed by atoms with Crippen molar-refractivity contribution in [2.75, 3.05) is 11.6 Å². The Kier molecular flexibility index (Phi) is 5.70. The minimum Gasteiger partial charge on any atom is -0.383 e. The van der Waals surface area contributed by atoms with Crippen LogP contribution in [0.3, 0.4) is 0 Å². The minimum atomic E-state index is 0.123. The average molecular weight is 319 g/mol. The zero-order valence-corrected chi connectivity index (χ0v) is 14.0. The summed E-state index contributed by atoms with van der Waals surface area (Å²) < 4.78 is 1.15. The molecule has 4 N–H and O–H groups in total. The highest BCUT2D eigenvalue weighted by Gasteiger charge is 2.10. The summed E-state index contributed by atoms with van der Waals surface area (Å²) in [7, 11) is 0. The van der Waals surface area contributed by atoms with Crippen molar-refractivity contribution < 1.29 is 0 Å². The molecule has 0 aliphatic rings. The molecule has 0 saturated carbocycles. The van der Waals surface area contributed by atoms with Gasteiger partial charge in [-0.2, -0.15) is 0 Å². The number of hydrogen-bond donors (Lipinski definition) is 3. The molecule has 0 atom stereocenters. The molecule has 0 spiro atoms. The summed E-state index contributed by atoms with van der Waals surface area (Å²) in [6.45, 7) is 2.21. The van der Waals surface area contributed by atoms with Crippen molar-refractivity contribution in [2.24, 2.45) is 5.73 Å². The Hall–Kier alpha value is -1.46. The first-order chi connectivity index (χ1) is 10.1. The fourth-order valence-electron chi connectivity index (χ4n) is 2.04. The lowest BCUT2D eigenvalue weighted by atomic mass is 10.1. The molecule has 1 heterocycles. The van der Waals surface area contributed by atoms with E-state index < -0.39 is 0 Å². The number of thiophene rings is 1. The van der Waals surface area contributed by atoms with Crippen LogP contribution in [0.15, 0.2) is 34.5 Å². The standard InChI is InChI=1S/C16H21N3S2/c1-3-4-5-11-6-8-12(9-7-11)19-13-10-14(15(17)18)21-16(13)20-2/h6-10,19H,3-5H2,1-2H3,(H3,17,18). The van der Waals surface area contributed by atoms with E-state index in [2.05, 4.69) is 36.5 Å². The normalized spacial score (nSPS) is 10.6. The predicted octanol–water partition coefficient (Wildman–Crippen LogP) is 4.84. The largest absolute Gasteiger partial charge is 0.383 e. The lowest BCUT2D eigenvalue weighted by Gasteiger charge is -2.07. The number of nitrogens with two attached hydrogens (primary N) is 1. The van der Waals surface area contributed by atoms with Crippen LogP contribution in [0.1, 0.15) is 30.2 Å². The third-order valence-corrected chi connectivity index (χ3v) is 5.50. The Bertz CT molecular complexity index is 602. The lowest BCUT2D eigenvalue weighted by Crippen LogP contribution is -2.08. The highest BCUT2D eigenvalue weighted by molar-refractivity contribution is 8.00. The van der Waals surface area contributed by atoms with Crippen molar-refractivity contribution in [1.82, 2.24) is 0 Å². The number of thioether (sulfide) groups is 1. The first kappa shape index (κ1) is 15.9. The maximum absolute atomic E-state index is 7.54. The zero-order valence-electron chi connectivity index (χ0n) is 12.4. The van der Waals surface area contributed by atoms with Gasteiger partial charge in [-0.1, -0.05) is 25.5 Å². The number of hydrogen-bond acceptors (Lipinski definition) is 4. The molecular formula is C16H21N3S2. The minimum absolute atomic E-state index is 0.123. The van der Waals surface area contributed by atoms with Gasteiger partial charge in [-0.25, -0.2) is 0 Å². The number of aryl methyl sites for hydroxylation is 1.